The molecule has 1 spiro atoms. The minimum atomic E-state index is 0.0894. The summed E-state index contributed by atoms with van der Waals surface area (Å²) in [6.07, 6.45) is 3.93. The van der Waals surface area contributed by atoms with Gasteiger partial charge >= 0.3 is 0 Å². The van der Waals surface area contributed by atoms with Crippen molar-refractivity contribution < 1.29 is 4.74 Å². The van der Waals surface area contributed by atoms with Crippen LogP contribution < -0.4 is 16.4 Å². The van der Waals surface area contributed by atoms with Crippen LogP contribution in [-0.4, -0.2) is 51.8 Å². The maximum atomic E-state index is 6.43. The number of ether oxygens (including phenoxy) is 1. The minimum absolute atomic E-state index is 0.0894. The Morgan fingerprint density at radius 1 is 1.16 bits per heavy atom. The number of anilines is 2. The zero-order valence-corrected chi connectivity index (χ0v) is 18.7. The molecule has 0 aromatic carbocycles. The molecule has 0 amide bonds. The summed E-state index contributed by atoms with van der Waals surface area (Å²) in [6, 6.07) is 7.51. The summed E-state index contributed by atoms with van der Waals surface area (Å²) < 4.78 is 5.82. The van der Waals surface area contributed by atoms with Crippen LogP contribution in [-0.2, 0) is 4.74 Å². The third kappa shape index (κ3) is 3.91. The normalized spacial score (nSPS) is 23.0. The Morgan fingerprint density at radius 2 is 1.97 bits per heavy atom. The van der Waals surface area contributed by atoms with Crippen molar-refractivity contribution >= 4 is 46.2 Å². The summed E-state index contributed by atoms with van der Waals surface area (Å²) in [5.74, 6) is 1.26. The van der Waals surface area contributed by atoms with E-state index in [0.29, 0.717) is 16.6 Å². The topological polar surface area (TPSA) is 116 Å². The maximum absolute atomic E-state index is 6.43. The molecule has 4 N–H and O–H groups in total. The zero-order chi connectivity index (χ0) is 21.6. The van der Waals surface area contributed by atoms with E-state index in [-0.39, 0.29) is 17.6 Å². The summed E-state index contributed by atoms with van der Waals surface area (Å²) in [7, 11) is 0. The number of nitrogen functional groups attached to an aromatic ring is 1. The van der Waals surface area contributed by atoms with Gasteiger partial charge in [-0.05, 0) is 44.0 Å². The number of nitrogens with two attached hydrogens (primary N) is 2. The van der Waals surface area contributed by atoms with Crippen LogP contribution in [0.15, 0.2) is 40.4 Å². The van der Waals surface area contributed by atoms with Crippen LogP contribution in [0.2, 0.25) is 5.15 Å². The van der Waals surface area contributed by atoms with Gasteiger partial charge in [-0.1, -0.05) is 23.4 Å². The fourth-order valence-corrected chi connectivity index (χ4v) is 5.40. The van der Waals surface area contributed by atoms with E-state index in [9.17, 15) is 0 Å². The molecule has 0 bridgehead atoms. The number of fused-ring (bicyclic) bond motifs is 1. The van der Waals surface area contributed by atoms with Gasteiger partial charge in [0.05, 0.1) is 23.8 Å². The Morgan fingerprint density at radius 3 is 2.68 bits per heavy atom. The molecule has 3 aromatic rings. The van der Waals surface area contributed by atoms with Crippen molar-refractivity contribution in [1.29, 1.82) is 0 Å². The third-order valence-corrected chi connectivity index (χ3v) is 7.73. The second kappa shape index (κ2) is 8.05. The molecular weight excluding hydrogens is 434 g/mol. The first-order valence-electron chi connectivity index (χ1n) is 10.3. The second-order valence-electron chi connectivity index (χ2n) is 8.24. The smallest absolute Gasteiger partial charge is 0.179 e. The molecule has 5 heterocycles. The molecule has 2 atom stereocenters. The van der Waals surface area contributed by atoms with Gasteiger partial charge in [-0.25, -0.2) is 19.9 Å². The first-order valence-corrected chi connectivity index (χ1v) is 11.5. The van der Waals surface area contributed by atoms with Gasteiger partial charge in [0.25, 0.3) is 0 Å². The summed E-state index contributed by atoms with van der Waals surface area (Å²) in [5, 5.41) is 1.13. The first kappa shape index (κ1) is 20.7. The molecule has 162 valence electrons. The van der Waals surface area contributed by atoms with Crippen molar-refractivity contribution in [3.8, 4) is 0 Å². The highest BCUT2D eigenvalue weighted by Gasteiger charge is 2.47. The number of rotatable bonds is 3. The summed E-state index contributed by atoms with van der Waals surface area (Å²) in [4.78, 5) is 21.1. The average Bonchev–Trinajstić information content (AvgIpc) is 3.04. The van der Waals surface area contributed by atoms with Crippen molar-refractivity contribution in [2.45, 2.75) is 41.8 Å². The molecule has 0 saturated carbocycles. The van der Waals surface area contributed by atoms with Crippen LogP contribution in [0, 0.1) is 5.41 Å². The average molecular weight is 458 g/mol. The zero-order valence-electron chi connectivity index (χ0n) is 17.2. The predicted molar refractivity (Wildman–Crippen MR) is 122 cm³/mol. The maximum Gasteiger partial charge on any atom is 0.179 e. The molecule has 8 nitrogen and oxygen atoms in total. The van der Waals surface area contributed by atoms with Crippen molar-refractivity contribution in [1.82, 2.24) is 19.9 Å². The largest absolute Gasteiger partial charge is 0.384 e. The van der Waals surface area contributed by atoms with Crippen LogP contribution in [0.3, 0.4) is 0 Å². The molecule has 5 rings (SSSR count). The van der Waals surface area contributed by atoms with Gasteiger partial charge in [-0.15, -0.1) is 0 Å². The van der Waals surface area contributed by atoms with Crippen LogP contribution in [0.5, 0.6) is 0 Å². The van der Waals surface area contributed by atoms with E-state index < -0.39 is 0 Å². The molecule has 31 heavy (non-hydrogen) atoms. The molecule has 2 aliphatic rings. The van der Waals surface area contributed by atoms with E-state index in [2.05, 4.69) is 26.8 Å². The number of hydrogen-bond donors (Lipinski definition) is 2. The van der Waals surface area contributed by atoms with E-state index in [1.807, 2.05) is 18.2 Å². The fraction of sp³-hybridized carbons (Fsp3) is 0.429. The molecule has 0 unspecified atom stereocenters. The Labute approximate surface area is 189 Å². The molecule has 2 saturated heterocycles. The number of pyridine rings is 2. The lowest BCUT2D eigenvalue weighted by Gasteiger charge is -2.41. The van der Waals surface area contributed by atoms with Gasteiger partial charge in [-0.2, -0.15) is 0 Å². The molecule has 2 fully saturated rings. The Kier molecular flexibility index (Phi) is 5.37. The van der Waals surface area contributed by atoms with Gasteiger partial charge in [-0.3, -0.25) is 0 Å². The third-order valence-electron chi connectivity index (χ3n) is 6.35. The van der Waals surface area contributed by atoms with Crippen molar-refractivity contribution in [3.05, 3.63) is 35.6 Å². The van der Waals surface area contributed by atoms with Gasteiger partial charge in [0.1, 0.15) is 27.3 Å². The lowest BCUT2D eigenvalue weighted by molar-refractivity contribution is 0.0974. The van der Waals surface area contributed by atoms with E-state index in [0.717, 1.165) is 53.8 Å². The minimum Gasteiger partial charge on any atom is -0.384 e. The van der Waals surface area contributed by atoms with Crippen molar-refractivity contribution in [3.63, 3.8) is 0 Å². The highest BCUT2D eigenvalue weighted by Crippen LogP contribution is 2.41. The number of aromatic nitrogens is 4. The fourth-order valence-electron chi connectivity index (χ4n) is 4.36. The molecule has 2 aliphatic heterocycles. The number of piperidine rings is 1. The van der Waals surface area contributed by atoms with E-state index in [1.165, 1.54) is 11.8 Å². The van der Waals surface area contributed by atoms with Gasteiger partial charge in [0.15, 0.2) is 5.65 Å². The van der Waals surface area contributed by atoms with Crippen LogP contribution in [0.4, 0.5) is 11.6 Å². The molecule has 3 aromatic heterocycles. The predicted octanol–water partition coefficient (Wildman–Crippen LogP) is 3.14. The van der Waals surface area contributed by atoms with Crippen LogP contribution >= 0.6 is 23.4 Å². The Bertz CT molecular complexity index is 1120. The van der Waals surface area contributed by atoms with Crippen LogP contribution in [0.25, 0.3) is 11.2 Å². The van der Waals surface area contributed by atoms with Crippen LogP contribution in [0.1, 0.15) is 19.8 Å². The molecule has 0 radical (unpaired) electrons. The SMILES string of the molecule is C[C@@H]1OCC2(CCN(c3cnc4nc(Sc5ccc(N)nc5Cl)ccc4n3)CC2)[C@@H]1N. The quantitative estimate of drug-likeness (QED) is 0.572. The molecular formula is C21H24ClN7OS. The molecule has 0 aliphatic carbocycles. The molecule has 10 heteroatoms. The van der Waals surface area contributed by atoms with Crippen molar-refractivity contribution in [2.75, 3.05) is 30.3 Å². The summed E-state index contributed by atoms with van der Waals surface area (Å²) >= 11 is 7.60. The lowest BCUT2D eigenvalue weighted by Crippen LogP contribution is -2.50. The standard InChI is InChI=1S/C21H24ClN7OS/c1-12-18(24)21(11-30-12)6-8-29(9-7-21)16-10-25-20-13(26-16)2-5-17(28-20)31-14-3-4-15(23)27-19(14)22/h2-5,10,12,18H,6-9,11,24H2,1H3,(H2,23,27)/t12-,18+/m0/s1. The van der Waals surface area contributed by atoms with Gasteiger partial charge in [0.2, 0.25) is 0 Å². The summed E-state index contributed by atoms with van der Waals surface area (Å²) in [6.45, 7) is 4.62. The Hall–Kier alpha value is -2.20. The second-order valence-corrected chi connectivity index (χ2v) is 9.66. The van der Waals surface area contributed by atoms with Gasteiger partial charge in [0, 0.05) is 24.5 Å². The van der Waals surface area contributed by atoms with E-state index in [1.54, 1.807) is 12.3 Å². The monoisotopic (exact) mass is 457 g/mol. The first-order chi connectivity index (χ1) is 14.9. The van der Waals surface area contributed by atoms with Gasteiger partial charge < -0.3 is 21.1 Å². The number of hydrogen-bond acceptors (Lipinski definition) is 9. The Balaban J connectivity index is 1.31. The van der Waals surface area contributed by atoms with Crippen molar-refractivity contribution in [2.24, 2.45) is 11.1 Å². The summed E-state index contributed by atoms with van der Waals surface area (Å²) in [5.41, 5.74) is 13.5. The number of halogens is 1. The van der Waals surface area contributed by atoms with E-state index in [4.69, 9.17) is 32.8 Å². The van der Waals surface area contributed by atoms with E-state index >= 15 is 0 Å². The highest BCUT2D eigenvalue weighted by molar-refractivity contribution is 7.99. The number of nitrogens with zero attached hydrogens (tertiary/aromatic N) is 5. The highest BCUT2D eigenvalue weighted by atomic mass is 35.5. The lowest BCUT2D eigenvalue weighted by atomic mass is 9.73.